The molecule has 9 heteroatoms. The third-order valence-electron chi connectivity index (χ3n) is 3.26. The van der Waals surface area contributed by atoms with Crippen molar-refractivity contribution in [2.45, 2.75) is 6.54 Å². The van der Waals surface area contributed by atoms with Crippen LogP contribution in [0.2, 0.25) is 15.1 Å². The first kappa shape index (κ1) is 18.5. The fourth-order valence-corrected chi connectivity index (χ4v) is 2.59. The number of hydrogen-bond acceptors (Lipinski definition) is 5. The lowest BCUT2D eigenvalue weighted by atomic mass is 10.2. The molecule has 0 spiro atoms. The van der Waals surface area contributed by atoms with E-state index in [1.54, 1.807) is 36.4 Å². The van der Waals surface area contributed by atoms with E-state index >= 15 is 0 Å². The maximum absolute atomic E-state index is 11.9. The third-order valence-corrected chi connectivity index (χ3v) is 4.04. The number of ether oxygens (including phenoxy) is 1. The quantitative estimate of drug-likeness (QED) is 0.649. The highest BCUT2D eigenvalue weighted by atomic mass is 35.5. The molecule has 6 nitrogen and oxygen atoms in total. The Balaban J connectivity index is 1.51. The molecule has 0 unspecified atom stereocenters. The highest BCUT2D eigenvalue weighted by molar-refractivity contribution is 6.35. The van der Waals surface area contributed by atoms with Gasteiger partial charge in [0.15, 0.2) is 6.61 Å². The van der Waals surface area contributed by atoms with Gasteiger partial charge >= 0.3 is 0 Å². The van der Waals surface area contributed by atoms with Gasteiger partial charge < -0.3 is 14.6 Å². The number of halogens is 3. The molecule has 3 rings (SSSR count). The monoisotopic (exact) mass is 411 g/mol. The van der Waals surface area contributed by atoms with Crippen LogP contribution in [0.5, 0.6) is 5.75 Å². The van der Waals surface area contributed by atoms with E-state index in [1.165, 1.54) is 6.07 Å². The van der Waals surface area contributed by atoms with Gasteiger partial charge in [-0.2, -0.15) is 4.98 Å². The summed E-state index contributed by atoms with van der Waals surface area (Å²) in [5.74, 6) is 0.694. The SMILES string of the molecule is O=C(COc1ccc(Cl)cc1Cl)NCc1nc(-c2ccc(Cl)cc2)no1. The lowest BCUT2D eigenvalue weighted by Gasteiger charge is -2.07. The van der Waals surface area contributed by atoms with Crippen LogP contribution >= 0.6 is 34.8 Å². The van der Waals surface area contributed by atoms with Crippen molar-refractivity contribution in [1.82, 2.24) is 15.5 Å². The molecule has 3 aromatic rings. The Morgan fingerprint density at radius 3 is 2.54 bits per heavy atom. The number of nitrogens with one attached hydrogen (secondary N) is 1. The number of carbonyl (C=O) groups is 1. The zero-order chi connectivity index (χ0) is 18.5. The lowest BCUT2D eigenvalue weighted by molar-refractivity contribution is -0.123. The number of benzene rings is 2. The van der Waals surface area contributed by atoms with Gasteiger partial charge in [-0.1, -0.05) is 40.0 Å². The minimum absolute atomic E-state index is 0.0805. The van der Waals surface area contributed by atoms with Crippen molar-refractivity contribution in [3.8, 4) is 17.1 Å². The van der Waals surface area contributed by atoms with Crippen molar-refractivity contribution in [2.75, 3.05) is 6.61 Å². The Morgan fingerprint density at radius 2 is 1.81 bits per heavy atom. The predicted octanol–water partition coefficient (Wildman–Crippen LogP) is 4.39. The Morgan fingerprint density at radius 1 is 1.08 bits per heavy atom. The summed E-state index contributed by atoms with van der Waals surface area (Å²) in [4.78, 5) is 16.1. The maximum atomic E-state index is 11.9. The number of carbonyl (C=O) groups excluding carboxylic acids is 1. The van der Waals surface area contributed by atoms with E-state index < -0.39 is 0 Å². The summed E-state index contributed by atoms with van der Waals surface area (Å²) in [6.45, 7) is -0.128. The second-order valence-corrected chi connectivity index (χ2v) is 6.44. The average Bonchev–Trinajstić information content (AvgIpc) is 3.09. The smallest absolute Gasteiger partial charge is 0.258 e. The number of aromatic nitrogens is 2. The molecule has 0 saturated carbocycles. The summed E-state index contributed by atoms with van der Waals surface area (Å²) in [6.07, 6.45) is 0. The minimum Gasteiger partial charge on any atom is -0.482 e. The molecule has 2 aromatic carbocycles. The van der Waals surface area contributed by atoms with Crippen molar-refractivity contribution in [1.29, 1.82) is 0 Å². The molecule has 0 aliphatic rings. The van der Waals surface area contributed by atoms with Gasteiger partial charge in [-0.25, -0.2) is 0 Å². The van der Waals surface area contributed by atoms with Gasteiger partial charge in [0.1, 0.15) is 5.75 Å². The van der Waals surface area contributed by atoms with Crippen molar-refractivity contribution >= 4 is 40.7 Å². The molecule has 0 radical (unpaired) electrons. The molecule has 0 fully saturated rings. The topological polar surface area (TPSA) is 77.2 Å². The van der Waals surface area contributed by atoms with Crippen LogP contribution < -0.4 is 10.1 Å². The molecule has 26 heavy (non-hydrogen) atoms. The Kier molecular flexibility index (Phi) is 5.98. The van der Waals surface area contributed by atoms with E-state index in [2.05, 4.69) is 15.5 Å². The van der Waals surface area contributed by atoms with Gasteiger partial charge in [-0.15, -0.1) is 0 Å². The van der Waals surface area contributed by atoms with Gasteiger partial charge in [0.05, 0.1) is 11.6 Å². The second-order valence-electron chi connectivity index (χ2n) is 5.16. The summed E-state index contributed by atoms with van der Waals surface area (Å²) in [5, 5.41) is 7.92. The van der Waals surface area contributed by atoms with Crippen LogP contribution in [0.4, 0.5) is 0 Å². The first-order chi connectivity index (χ1) is 12.5. The molecule has 0 bridgehead atoms. The first-order valence-corrected chi connectivity index (χ1v) is 8.58. The van der Waals surface area contributed by atoms with Gasteiger partial charge in [-0.05, 0) is 42.5 Å². The molecule has 0 saturated heterocycles. The second kappa shape index (κ2) is 8.40. The van der Waals surface area contributed by atoms with E-state index in [4.69, 9.17) is 44.1 Å². The number of hydrogen-bond donors (Lipinski definition) is 1. The Labute approximate surface area is 164 Å². The predicted molar refractivity (Wildman–Crippen MR) is 98.5 cm³/mol. The summed E-state index contributed by atoms with van der Waals surface area (Å²) in [7, 11) is 0. The highest BCUT2D eigenvalue weighted by Gasteiger charge is 2.11. The van der Waals surface area contributed by atoms with E-state index in [0.717, 1.165) is 5.56 Å². The largest absolute Gasteiger partial charge is 0.482 e. The lowest BCUT2D eigenvalue weighted by Crippen LogP contribution is -2.28. The van der Waals surface area contributed by atoms with Gasteiger partial charge in [0, 0.05) is 15.6 Å². The van der Waals surface area contributed by atoms with Gasteiger partial charge in [0.25, 0.3) is 5.91 Å². The van der Waals surface area contributed by atoms with Crippen molar-refractivity contribution in [3.05, 3.63) is 63.4 Å². The highest BCUT2D eigenvalue weighted by Crippen LogP contribution is 2.27. The normalized spacial score (nSPS) is 10.6. The van der Waals surface area contributed by atoms with E-state index in [-0.39, 0.29) is 24.9 Å². The van der Waals surface area contributed by atoms with Crippen LogP contribution in [0.15, 0.2) is 47.0 Å². The average molecular weight is 413 g/mol. The molecule has 1 aromatic heterocycles. The minimum atomic E-state index is -0.359. The molecule has 134 valence electrons. The molecule has 0 aliphatic carbocycles. The number of nitrogens with zero attached hydrogens (tertiary/aromatic N) is 2. The summed E-state index contributed by atoms with van der Waals surface area (Å²) >= 11 is 17.6. The molecular weight excluding hydrogens is 401 g/mol. The van der Waals surface area contributed by atoms with Crippen LogP contribution in [-0.4, -0.2) is 22.7 Å². The maximum Gasteiger partial charge on any atom is 0.258 e. The van der Waals surface area contributed by atoms with Crippen LogP contribution in [-0.2, 0) is 11.3 Å². The van der Waals surface area contributed by atoms with Crippen molar-refractivity contribution in [3.63, 3.8) is 0 Å². The Bertz CT molecular complexity index is 913. The van der Waals surface area contributed by atoms with Crippen molar-refractivity contribution < 1.29 is 14.1 Å². The summed E-state index contributed by atoms with van der Waals surface area (Å²) in [6, 6.07) is 11.8. The molecule has 1 amide bonds. The fraction of sp³-hybridized carbons (Fsp3) is 0.118. The molecule has 0 atom stereocenters. The Hall–Kier alpha value is -2.28. The first-order valence-electron chi connectivity index (χ1n) is 7.44. The summed E-state index contributed by atoms with van der Waals surface area (Å²) < 4.78 is 10.5. The van der Waals surface area contributed by atoms with Crippen molar-refractivity contribution in [2.24, 2.45) is 0 Å². The molecule has 1 N–H and O–H groups in total. The van der Waals surface area contributed by atoms with Gasteiger partial charge in [0.2, 0.25) is 11.7 Å². The van der Waals surface area contributed by atoms with Gasteiger partial charge in [-0.3, -0.25) is 4.79 Å². The van der Waals surface area contributed by atoms with Crippen LogP contribution in [0.3, 0.4) is 0 Å². The zero-order valence-corrected chi connectivity index (χ0v) is 15.5. The van der Waals surface area contributed by atoms with Crippen LogP contribution in [0, 0.1) is 0 Å². The van der Waals surface area contributed by atoms with E-state index in [1.807, 2.05) is 0 Å². The fourth-order valence-electron chi connectivity index (χ4n) is 2.00. The molecule has 0 aliphatic heterocycles. The number of rotatable bonds is 6. The molecular formula is C17H12Cl3N3O3. The van der Waals surface area contributed by atoms with E-state index in [9.17, 15) is 4.79 Å². The molecule has 1 heterocycles. The number of amides is 1. The standard InChI is InChI=1S/C17H12Cl3N3O3/c18-11-3-1-10(2-4-11)17-22-16(26-23-17)8-21-15(24)9-25-14-6-5-12(19)7-13(14)20/h1-7H,8-9H2,(H,21,24). The third kappa shape index (κ3) is 4.88. The van der Waals surface area contributed by atoms with Crippen LogP contribution in [0.1, 0.15) is 5.89 Å². The summed E-state index contributed by atoms with van der Waals surface area (Å²) in [5.41, 5.74) is 0.761. The van der Waals surface area contributed by atoms with Crippen LogP contribution in [0.25, 0.3) is 11.4 Å². The zero-order valence-electron chi connectivity index (χ0n) is 13.2. The van der Waals surface area contributed by atoms with E-state index in [0.29, 0.717) is 26.6 Å².